The molecular formula is C33H42N4O4. The van der Waals surface area contributed by atoms with Crippen LogP contribution in [0.4, 0.5) is 0 Å². The molecule has 0 spiro atoms. The second-order valence-electron chi connectivity index (χ2n) is 10.8. The highest BCUT2D eigenvalue weighted by Crippen LogP contribution is 2.20. The van der Waals surface area contributed by atoms with E-state index >= 15 is 0 Å². The van der Waals surface area contributed by atoms with Gasteiger partial charge in [-0.2, -0.15) is 0 Å². The summed E-state index contributed by atoms with van der Waals surface area (Å²) >= 11 is 0. The van der Waals surface area contributed by atoms with Gasteiger partial charge in [-0.25, -0.2) is 0 Å². The molecule has 0 bridgehead atoms. The van der Waals surface area contributed by atoms with Crippen LogP contribution >= 0.6 is 0 Å². The molecule has 8 heteroatoms. The van der Waals surface area contributed by atoms with Crippen molar-refractivity contribution in [2.45, 2.75) is 50.3 Å². The van der Waals surface area contributed by atoms with Crippen molar-refractivity contribution in [3.05, 3.63) is 83.9 Å². The maximum Gasteiger partial charge on any atom is 0.249 e. The Morgan fingerprint density at radius 3 is 2.27 bits per heavy atom. The van der Waals surface area contributed by atoms with E-state index in [2.05, 4.69) is 41.0 Å². The Labute approximate surface area is 243 Å². The number of nitrogens with zero attached hydrogens (tertiary/aromatic N) is 2. The zero-order chi connectivity index (χ0) is 29.2. The first-order valence-electron chi connectivity index (χ1n) is 14.4. The Kier molecular flexibility index (Phi) is 10.9. The second-order valence-corrected chi connectivity index (χ2v) is 10.8. The van der Waals surface area contributed by atoms with E-state index in [0.29, 0.717) is 19.3 Å². The summed E-state index contributed by atoms with van der Waals surface area (Å²) in [6.45, 7) is 1.66. The molecule has 1 fully saturated rings. The molecule has 1 heterocycles. The van der Waals surface area contributed by atoms with E-state index in [9.17, 15) is 14.4 Å². The fourth-order valence-corrected chi connectivity index (χ4v) is 5.41. The van der Waals surface area contributed by atoms with Crippen molar-refractivity contribution in [3.63, 3.8) is 0 Å². The number of rotatable bonds is 12. The van der Waals surface area contributed by atoms with Crippen LogP contribution in [0.5, 0.6) is 0 Å². The van der Waals surface area contributed by atoms with Crippen LogP contribution in [-0.2, 0) is 32.0 Å². The fraction of sp³-hybridized carbons (Fsp3) is 0.424. The maximum atomic E-state index is 14.1. The van der Waals surface area contributed by atoms with E-state index in [-0.39, 0.29) is 30.4 Å². The zero-order valence-corrected chi connectivity index (χ0v) is 24.3. The van der Waals surface area contributed by atoms with Gasteiger partial charge in [-0.05, 0) is 60.7 Å². The van der Waals surface area contributed by atoms with E-state index in [0.717, 1.165) is 47.8 Å². The number of carbonyl (C=O) groups is 3. The molecule has 3 aromatic rings. The van der Waals surface area contributed by atoms with Gasteiger partial charge in [0.2, 0.25) is 17.7 Å². The SMILES string of the molecule is CNC(=O)[C@@H](Cc1ccccc1)N(C)C(=O)[C@@H](CCc1ccc2ccccc2c1)N(C)C(=O)COC1CCNCC1. The largest absolute Gasteiger partial charge is 0.368 e. The van der Waals surface area contributed by atoms with Crippen LogP contribution in [0.3, 0.4) is 0 Å². The van der Waals surface area contributed by atoms with Crippen molar-refractivity contribution in [1.29, 1.82) is 0 Å². The molecule has 218 valence electrons. The molecule has 3 aromatic carbocycles. The van der Waals surface area contributed by atoms with Crippen LogP contribution in [0.1, 0.15) is 30.4 Å². The van der Waals surface area contributed by atoms with Crippen LogP contribution < -0.4 is 10.6 Å². The Bertz CT molecular complexity index is 1310. The number of piperidine rings is 1. The number of amides is 3. The minimum absolute atomic E-state index is 0.0338. The number of nitrogens with one attached hydrogen (secondary N) is 2. The van der Waals surface area contributed by atoms with Crippen LogP contribution in [0, 0.1) is 0 Å². The summed E-state index contributed by atoms with van der Waals surface area (Å²) in [6.07, 6.45) is 3.14. The monoisotopic (exact) mass is 558 g/mol. The average Bonchev–Trinajstić information content (AvgIpc) is 3.02. The van der Waals surface area contributed by atoms with Gasteiger partial charge in [-0.1, -0.05) is 72.8 Å². The summed E-state index contributed by atoms with van der Waals surface area (Å²) in [4.78, 5) is 43.4. The molecule has 0 unspecified atom stereocenters. The Morgan fingerprint density at radius 1 is 0.878 bits per heavy atom. The molecule has 0 aromatic heterocycles. The molecule has 0 aliphatic carbocycles. The number of ether oxygens (including phenoxy) is 1. The van der Waals surface area contributed by atoms with Gasteiger partial charge < -0.3 is 25.2 Å². The van der Waals surface area contributed by atoms with E-state index in [1.165, 1.54) is 9.80 Å². The number of hydrogen-bond acceptors (Lipinski definition) is 5. The van der Waals surface area contributed by atoms with E-state index < -0.39 is 12.1 Å². The molecule has 41 heavy (non-hydrogen) atoms. The molecular weight excluding hydrogens is 516 g/mol. The van der Waals surface area contributed by atoms with Gasteiger partial charge in [0, 0.05) is 27.6 Å². The Hall–Kier alpha value is -3.75. The minimum Gasteiger partial charge on any atom is -0.368 e. The number of aryl methyl sites for hydroxylation is 1. The first-order valence-corrected chi connectivity index (χ1v) is 14.4. The lowest BCUT2D eigenvalue weighted by molar-refractivity contribution is -0.150. The van der Waals surface area contributed by atoms with Gasteiger partial charge in [-0.3, -0.25) is 14.4 Å². The third-order valence-electron chi connectivity index (χ3n) is 8.03. The minimum atomic E-state index is -0.751. The van der Waals surface area contributed by atoms with Crippen molar-refractivity contribution >= 4 is 28.5 Å². The van der Waals surface area contributed by atoms with Gasteiger partial charge in [-0.15, -0.1) is 0 Å². The summed E-state index contributed by atoms with van der Waals surface area (Å²) in [6, 6.07) is 22.6. The second kappa shape index (κ2) is 14.8. The standard InChI is InChI=1S/C33H42N4O4/c1-34-32(39)30(22-24-9-5-4-6-10-24)37(3)33(40)29(36(2)31(38)23-41-28-17-19-35-20-18-28)16-14-25-13-15-26-11-7-8-12-27(26)21-25/h4-13,15,21,28-30,35H,14,16-20,22-23H2,1-3H3,(H,34,39)/t29-,30-/m1/s1. The van der Waals surface area contributed by atoms with Crippen molar-refractivity contribution in [3.8, 4) is 0 Å². The predicted molar refractivity (Wildman–Crippen MR) is 161 cm³/mol. The lowest BCUT2D eigenvalue weighted by atomic mass is 9.99. The molecule has 1 aliphatic rings. The summed E-state index contributed by atoms with van der Waals surface area (Å²) in [5.41, 5.74) is 2.04. The fourth-order valence-electron chi connectivity index (χ4n) is 5.41. The topological polar surface area (TPSA) is 91.0 Å². The van der Waals surface area contributed by atoms with Gasteiger partial charge in [0.15, 0.2) is 0 Å². The molecule has 4 rings (SSSR count). The average molecular weight is 559 g/mol. The number of hydrogen-bond donors (Lipinski definition) is 2. The third-order valence-corrected chi connectivity index (χ3v) is 8.03. The van der Waals surface area contributed by atoms with E-state index in [1.807, 2.05) is 42.5 Å². The van der Waals surface area contributed by atoms with Crippen molar-refractivity contribution in [1.82, 2.24) is 20.4 Å². The highest BCUT2D eigenvalue weighted by Gasteiger charge is 2.34. The third kappa shape index (κ3) is 8.15. The molecule has 2 N–H and O–H groups in total. The van der Waals surface area contributed by atoms with Gasteiger partial charge in [0.25, 0.3) is 0 Å². The molecule has 2 atom stereocenters. The van der Waals surface area contributed by atoms with Crippen molar-refractivity contribution < 1.29 is 19.1 Å². The molecule has 8 nitrogen and oxygen atoms in total. The number of likely N-dealkylation sites (N-methyl/N-ethyl adjacent to an activating group) is 3. The first kappa shape index (κ1) is 30.2. The highest BCUT2D eigenvalue weighted by molar-refractivity contribution is 5.92. The molecule has 1 aliphatic heterocycles. The smallest absolute Gasteiger partial charge is 0.249 e. The summed E-state index contributed by atoms with van der Waals surface area (Å²) < 4.78 is 5.93. The van der Waals surface area contributed by atoms with Crippen LogP contribution in [0.2, 0.25) is 0 Å². The number of benzene rings is 3. The van der Waals surface area contributed by atoms with Crippen LogP contribution in [0.15, 0.2) is 72.8 Å². The molecule has 0 saturated carbocycles. The Morgan fingerprint density at radius 2 is 1.56 bits per heavy atom. The Balaban J connectivity index is 1.53. The van der Waals surface area contributed by atoms with E-state index in [4.69, 9.17) is 4.74 Å². The molecule has 3 amide bonds. The van der Waals surface area contributed by atoms with Gasteiger partial charge >= 0.3 is 0 Å². The van der Waals surface area contributed by atoms with E-state index in [1.54, 1.807) is 21.1 Å². The lowest BCUT2D eigenvalue weighted by Crippen LogP contribution is -2.55. The summed E-state index contributed by atoms with van der Waals surface area (Å²) in [7, 11) is 4.89. The number of carbonyl (C=O) groups excluding carboxylic acids is 3. The predicted octanol–water partition coefficient (Wildman–Crippen LogP) is 3.18. The van der Waals surface area contributed by atoms with Crippen molar-refractivity contribution in [2.24, 2.45) is 0 Å². The van der Waals surface area contributed by atoms with Crippen molar-refractivity contribution in [2.75, 3.05) is 40.8 Å². The van der Waals surface area contributed by atoms with Gasteiger partial charge in [0.05, 0.1) is 6.10 Å². The van der Waals surface area contributed by atoms with Crippen LogP contribution in [0.25, 0.3) is 10.8 Å². The highest BCUT2D eigenvalue weighted by atomic mass is 16.5. The molecule has 1 saturated heterocycles. The first-order chi connectivity index (χ1) is 19.9. The quantitative estimate of drug-likeness (QED) is 0.356. The lowest BCUT2D eigenvalue weighted by Gasteiger charge is -2.34. The van der Waals surface area contributed by atoms with Gasteiger partial charge in [0.1, 0.15) is 18.7 Å². The zero-order valence-electron chi connectivity index (χ0n) is 24.3. The molecule has 0 radical (unpaired) electrons. The summed E-state index contributed by atoms with van der Waals surface area (Å²) in [5, 5.41) is 8.29. The summed E-state index contributed by atoms with van der Waals surface area (Å²) in [5.74, 6) is -0.761. The normalized spacial score (nSPS) is 15.2. The van der Waals surface area contributed by atoms with Crippen LogP contribution in [-0.4, -0.2) is 86.5 Å². The maximum absolute atomic E-state index is 14.1. The number of fused-ring (bicyclic) bond motifs is 1.